The lowest BCUT2D eigenvalue weighted by atomic mass is 10.4. The molecule has 0 saturated heterocycles. The van der Waals surface area contributed by atoms with Crippen molar-refractivity contribution in [3.8, 4) is 11.6 Å². The molecule has 3 N–H and O–H groups in total. The fraction of sp³-hybridized carbons (Fsp3) is 0.250. The molecule has 0 unspecified atom stereocenters. The lowest BCUT2D eigenvalue weighted by Gasteiger charge is -1.99. The molecule has 0 aromatic carbocycles. The van der Waals surface area contributed by atoms with E-state index < -0.39 is 5.97 Å². The fourth-order valence-corrected chi connectivity index (χ4v) is 1.15. The zero-order chi connectivity index (χ0) is 12.1. The van der Waals surface area contributed by atoms with Crippen LogP contribution in [0.1, 0.15) is 6.42 Å². The van der Waals surface area contributed by atoms with Crippen molar-refractivity contribution in [2.45, 2.75) is 13.0 Å². The van der Waals surface area contributed by atoms with Crippen LogP contribution in [0.4, 0.5) is 0 Å². The predicted octanol–water partition coefficient (Wildman–Crippen LogP) is -0.755. The SMILES string of the molecule is NNOC(=O)CCn1nnc(-c2ccco2)n1. The van der Waals surface area contributed by atoms with Gasteiger partial charge in [0.1, 0.15) is 0 Å². The predicted molar refractivity (Wildman–Crippen MR) is 53.6 cm³/mol. The molecule has 0 fully saturated rings. The minimum absolute atomic E-state index is 0.0815. The van der Waals surface area contributed by atoms with Crippen molar-refractivity contribution in [2.75, 3.05) is 0 Å². The van der Waals surface area contributed by atoms with Crippen molar-refractivity contribution in [1.82, 2.24) is 25.8 Å². The second-order valence-electron chi connectivity index (χ2n) is 3.03. The molecular weight excluding hydrogens is 228 g/mol. The maximum Gasteiger partial charge on any atom is 0.328 e. The van der Waals surface area contributed by atoms with Crippen LogP contribution in [0.5, 0.6) is 0 Å². The number of rotatable bonds is 5. The van der Waals surface area contributed by atoms with Crippen molar-refractivity contribution in [2.24, 2.45) is 5.84 Å². The van der Waals surface area contributed by atoms with Crippen molar-refractivity contribution < 1.29 is 14.0 Å². The van der Waals surface area contributed by atoms with Crippen molar-refractivity contribution in [3.05, 3.63) is 18.4 Å². The molecule has 0 aliphatic heterocycles. The summed E-state index contributed by atoms with van der Waals surface area (Å²) in [4.78, 5) is 16.6. The van der Waals surface area contributed by atoms with E-state index >= 15 is 0 Å². The third-order valence-electron chi connectivity index (χ3n) is 1.88. The molecule has 0 saturated carbocycles. The number of furan rings is 1. The number of aryl methyl sites for hydroxylation is 1. The summed E-state index contributed by atoms with van der Waals surface area (Å²) in [6.07, 6.45) is 1.60. The number of nitrogens with two attached hydrogens (primary N) is 1. The molecule has 2 heterocycles. The molecule has 9 heteroatoms. The van der Waals surface area contributed by atoms with E-state index in [4.69, 9.17) is 10.3 Å². The number of nitrogens with one attached hydrogen (secondary N) is 1. The van der Waals surface area contributed by atoms with Crippen LogP contribution in [-0.4, -0.2) is 26.2 Å². The largest absolute Gasteiger partial charge is 0.461 e. The molecule has 9 nitrogen and oxygen atoms in total. The highest BCUT2D eigenvalue weighted by atomic mass is 16.7. The molecule has 0 atom stereocenters. The first-order chi connectivity index (χ1) is 8.29. The van der Waals surface area contributed by atoms with E-state index in [1.165, 1.54) is 11.1 Å². The second kappa shape index (κ2) is 5.18. The van der Waals surface area contributed by atoms with Crippen LogP contribution in [0.15, 0.2) is 22.8 Å². The van der Waals surface area contributed by atoms with Gasteiger partial charge in [0.25, 0.3) is 0 Å². The van der Waals surface area contributed by atoms with E-state index in [-0.39, 0.29) is 13.0 Å². The molecule has 0 radical (unpaired) electrons. The van der Waals surface area contributed by atoms with Crippen LogP contribution in [-0.2, 0) is 16.2 Å². The molecule has 2 aromatic heterocycles. The van der Waals surface area contributed by atoms with Crippen molar-refractivity contribution >= 4 is 5.97 Å². The normalized spacial score (nSPS) is 10.4. The highest BCUT2D eigenvalue weighted by Crippen LogP contribution is 2.12. The molecular formula is C8H10N6O3. The number of aromatic nitrogens is 4. The summed E-state index contributed by atoms with van der Waals surface area (Å²) in [5.41, 5.74) is 1.80. The van der Waals surface area contributed by atoms with Crippen molar-refractivity contribution in [1.29, 1.82) is 0 Å². The highest BCUT2D eigenvalue weighted by molar-refractivity contribution is 5.68. The quantitative estimate of drug-likeness (QED) is 0.515. The first-order valence-corrected chi connectivity index (χ1v) is 4.76. The standard InChI is InChI=1S/C8H10N6O3/c9-12-17-7(15)3-4-14-11-8(10-13-14)6-2-1-5-16-6/h1-2,5,12H,3-4,9H2. The lowest BCUT2D eigenvalue weighted by molar-refractivity contribution is -0.151. The maximum absolute atomic E-state index is 11.0. The Bertz CT molecular complexity index is 479. The third-order valence-corrected chi connectivity index (χ3v) is 1.88. The Morgan fingerprint density at radius 3 is 3.24 bits per heavy atom. The first kappa shape index (κ1) is 11.2. The zero-order valence-corrected chi connectivity index (χ0v) is 8.74. The average Bonchev–Trinajstić information content (AvgIpc) is 2.97. The summed E-state index contributed by atoms with van der Waals surface area (Å²) < 4.78 is 5.10. The molecule has 17 heavy (non-hydrogen) atoms. The van der Waals surface area contributed by atoms with Gasteiger partial charge in [-0.1, -0.05) is 5.59 Å². The summed E-state index contributed by atoms with van der Waals surface area (Å²) in [6.45, 7) is 0.244. The van der Waals surface area contributed by atoms with E-state index in [0.29, 0.717) is 11.6 Å². The second-order valence-corrected chi connectivity index (χ2v) is 3.03. The van der Waals surface area contributed by atoms with E-state index in [2.05, 4.69) is 20.2 Å². The monoisotopic (exact) mass is 238 g/mol. The van der Waals surface area contributed by atoms with Gasteiger partial charge in [0.2, 0.25) is 5.82 Å². The van der Waals surface area contributed by atoms with Gasteiger partial charge < -0.3 is 9.25 Å². The van der Waals surface area contributed by atoms with Crippen molar-refractivity contribution in [3.63, 3.8) is 0 Å². The van der Waals surface area contributed by atoms with Crippen LogP contribution >= 0.6 is 0 Å². The van der Waals surface area contributed by atoms with Crippen LogP contribution in [0.25, 0.3) is 11.6 Å². The number of carbonyl (C=O) groups is 1. The minimum Gasteiger partial charge on any atom is -0.461 e. The number of nitrogens with zero attached hydrogens (tertiary/aromatic N) is 4. The molecule has 0 aliphatic carbocycles. The van der Waals surface area contributed by atoms with E-state index in [9.17, 15) is 4.79 Å². The van der Waals surface area contributed by atoms with Gasteiger partial charge in [-0.05, 0) is 17.3 Å². The zero-order valence-electron chi connectivity index (χ0n) is 8.74. The minimum atomic E-state index is -0.510. The van der Waals surface area contributed by atoms with Crippen LogP contribution < -0.4 is 11.4 Å². The number of hydrazine groups is 1. The summed E-state index contributed by atoms with van der Waals surface area (Å²) in [5.74, 6) is 5.18. The molecule has 90 valence electrons. The molecule has 0 spiro atoms. The van der Waals surface area contributed by atoms with Gasteiger partial charge in [-0.25, -0.2) is 5.84 Å². The number of hydrogen-bond donors (Lipinski definition) is 2. The smallest absolute Gasteiger partial charge is 0.328 e. The van der Waals surface area contributed by atoms with Crippen LogP contribution in [0.3, 0.4) is 0 Å². The lowest BCUT2D eigenvalue weighted by Crippen LogP contribution is -2.26. The van der Waals surface area contributed by atoms with Crippen LogP contribution in [0, 0.1) is 0 Å². The summed E-state index contributed by atoms with van der Waals surface area (Å²) in [5, 5.41) is 11.6. The highest BCUT2D eigenvalue weighted by Gasteiger charge is 2.09. The van der Waals surface area contributed by atoms with Gasteiger partial charge in [0.15, 0.2) is 5.76 Å². The Balaban J connectivity index is 1.93. The van der Waals surface area contributed by atoms with E-state index in [1.54, 1.807) is 17.7 Å². The van der Waals surface area contributed by atoms with Gasteiger partial charge in [0.05, 0.1) is 19.2 Å². The Morgan fingerprint density at radius 1 is 1.65 bits per heavy atom. The summed E-state index contributed by atoms with van der Waals surface area (Å²) in [6, 6.07) is 3.44. The Labute approximate surface area is 95.5 Å². The summed E-state index contributed by atoms with van der Waals surface area (Å²) >= 11 is 0. The van der Waals surface area contributed by atoms with Gasteiger partial charge in [-0.2, -0.15) is 4.80 Å². The van der Waals surface area contributed by atoms with E-state index in [1.807, 2.05) is 0 Å². The van der Waals surface area contributed by atoms with E-state index in [0.717, 1.165) is 0 Å². The topological polar surface area (TPSA) is 121 Å². The Morgan fingerprint density at radius 2 is 2.53 bits per heavy atom. The molecule has 0 aliphatic rings. The van der Waals surface area contributed by atoms with Gasteiger partial charge in [-0.3, -0.25) is 4.79 Å². The molecule has 2 rings (SSSR count). The third kappa shape index (κ3) is 2.86. The average molecular weight is 238 g/mol. The van der Waals surface area contributed by atoms with Crippen LogP contribution in [0.2, 0.25) is 0 Å². The number of carbonyl (C=O) groups excluding carboxylic acids is 1. The van der Waals surface area contributed by atoms with Gasteiger partial charge in [-0.15, -0.1) is 10.2 Å². The molecule has 0 bridgehead atoms. The summed E-state index contributed by atoms with van der Waals surface area (Å²) in [7, 11) is 0. The first-order valence-electron chi connectivity index (χ1n) is 4.76. The molecule has 0 amide bonds. The number of hydrogen-bond acceptors (Lipinski definition) is 8. The van der Waals surface area contributed by atoms with Gasteiger partial charge in [0, 0.05) is 0 Å². The Hall–Kier alpha value is -2.26. The Kier molecular flexibility index (Phi) is 3.43. The number of tetrazole rings is 1. The van der Waals surface area contributed by atoms with Gasteiger partial charge >= 0.3 is 5.97 Å². The maximum atomic E-state index is 11.0. The molecule has 2 aromatic rings. The fourth-order valence-electron chi connectivity index (χ4n) is 1.15.